The van der Waals surface area contributed by atoms with Gasteiger partial charge in [0, 0.05) is 36.7 Å². The number of rotatable bonds is 4. The first-order valence-corrected chi connectivity index (χ1v) is 8.00. The van der Waals surface area contributed by atoms with Crippen LogP contribution >= 0.6 is 0 Å². The number of morpholine rings is 1. The van der Waals surface area contributed by atoms with Crippen molar-refractivity contribution < 1.29 is 19.2 Å². The van der Waals surface area contributed by atoms with Gasteiger partial charge in [-0.25, -0.2) is 0 Å². The van der Waals surface area contributed by atoms with Gasteiger partial charge in [-0.15, -0.1) is 0 Å². The number of benzene rings is 1. The van der Waals surface area contributed by atoms with Crippen molar-refractivity contribution in [3.8, 4) is 5.75 Å². The minimum absolute atomic E-state index is 0.0105. The maximum atomic E-state index is 12.6. The Morgan fingerprint density at radius 3 is 2.67 bits per heavy atom. The van der Waals surface area contributed by atoms with Crippen LogP contribution in [0.1, 0.15) is 19.4 Å². The lowest BCUT2D eigenvalue weighted by atomic mass is 9.94. The SMILES string of the molecule is CC(C)C(=O)C1=Cc2cc([N+](=O)[O-])ccc2O[C@@H]1N1CCOCC1. The van der Waals surface area contributed by atoms with Gasteiger partial charge in [0.15, 0.2) is 12.0 Å². The smallest absolute Gasteiger partial charge is 0.270 e. The molecule has 2 aliphatic heterocycles. The Hall–Kier alpha value is -2.25. The number of hydrogen-bond donors (Lipinski definition) is 0. The number of carbonyl (C=O) groups is 1. The highest BCUT2D eigenvalue weighted by atomic mass is 16.6. The molecule has 0 bridgehead atoms. The fourth-order valence-electron chi connectivity index (χ4n) is 2.90. The first kappa shape index (κ1) is 16.6. The molecular formula is C17H20N2O5. The van der Waals surface area contributed by atoms with Crippen LogP contribution in [0.25, 0.3) is 6.08 Å². The predicted octanol–water partition coefficient (Wildman–Crippen LogP) is 2.25. The Balaban J connectivity index is 2.00. The molecule has 0 amide bonds. The average Bonchev–Trinajstić information content (AvgIpc) is 2.60. The van der Waals surface area contributed by atoms with Crippen LogP contribution in [0.5, 0.6) is 5.75 Å². The molecule has 2 aliphatic rings. The number of ether oxygens (including phenoxy) is 2. The minimum Gasteiger partial charge on any atom is -0.470 e. The van der Waals surface area contributed by atoms with E-state index in [1.54, 1.807) is 12.1 Å². The molecule has 7 heteroatoms. The van der Waals surface area contributed by atoms with E-state index in [1.807, 2.05) is 13.8 Å². The van der Waals surface area contributed by atoms with E-state index >= 15 is 0 Å². The number of nitro benzene ring substituents is 1. The van der Waals surface area contributed by atoms with Gasteiger partial charge in [0.25, 0.3) is 5.69 Å². The molecule has 7 nitrogen and oxygen atoms in total. The third-order valence-electron chi connectivity index (χ3n) is 4.21. The van der Waals surface area contributed by atoms with Crippen molar-refractivity contribution in [2.45, 2.75) is 20.1 Å². The molecule has 24 heavy (non-hydrogen) atoms. The molecule has 3 rings (SSSR count). The normalized spacial score (nSPS) is 21.0. The standard InChI is InChI=1S/C17H20N2O5/c1-11(2)16(20)14-10-12-9-13(19(21)22)3-4-15(12)24-17(14)18-5-7-23-8-6-18/h3-4,9-11,17H,5-8H2,1-2H3/t17-/m0/s1. The van der Waals surface area contributed by atoms with Crippen LogP contribution in [0.4, 0.5) is 5.69 Å². The third-order valence-corrected chi connectivity index (χ3v) is 4.21. The zero-order valence-electron chi connectivity index (χ0n) is 13.7. The van der Waals surface area contributed by atoms with Crippen molar-refractivity contribution in [3.63, 3.8) is 0 Å². The summed E-state index contributed by atoms with van der Waals surface area (Å²) in [6, 6.07) is 4.45. The van der Waals surface area contributed by atoms with E-state index in [0.717, 1.165) is 0 Å². The second-order valence-electron chi connectivity index (χ2n) is 6.22. The quantitative estimate of drug-likeness (QED) is 0.621. The van der Waals surface area contributed by atoms with E-state index < -0.39 is 11.2 Å². The lowest BCUT2D eigenvalue weighted by Gasteiger charge is -2.37. The second kappa shape index (κ2) is 6.70. The van der Waals surface area contributed by atoms with Crippen LogP contribution in [0.3, 0.4) is 0 Å². The second-order valence-corrected chi connectivity index (χ2v) is 6.22. The van der Waals surface area contributed by atoms with Gasteiger partial charge in [-0.2, -0.15) is 0 Å². The summed E-state index contributed by atoms with van der Waals surface area (Å²) in [5.74, 6) is 0.365. The molecule has 0 unspecified atom stereocenters. The van der Waals surface area contributed by atoms with Crippen LogP contribution in [0.15, 0.2) is 23.8 Å². The Morgan fingerprint density at radius 2 is 2.04 bits per heavy atom. The summed E-state index contributed by atoms with van der Waals surface area (Å²) in [7, 11) is 0. The molecule has 0 spiro atoms. The highest BCUT2D eigenvalue weighted by molar-refractivity contribution is 6.02. The average molecular weight is 332 g/mol. The molecular weight excluding hydrogens is 312 g/mol. The number of non-ortho nitro benzene ring substituents is 1. The van der Waals surface area contributed by atoms with Gasteiger partial charge in [0.05, 0.1) is 23.7 Å². The molecule has 0 aliphatic carbocycles. The van der Waals surface area contributed by atoms with E-state index in [0.29, 0.717) is 43.2 Å². The van der Waals surface area contributed by atoms with E-state index in [2.05, 4.69) is 4.90 Å². The fourth-order valence-corrected chi connectivity index (χ4v) is 2.90. The molecule has 128 valence electrons. The number of hydrogen-bond acceptors (Lipinski definition) is 6. The molecule has 1 fully saturated rings. The molecule has 1 aromatic carbocycles. The van der Waals surface area contributed by atoms with Gasteiger partial charge >= 0.3 is 0 Å². The molecule has 0 N–H and O–H groups in total. The van der Waals surface area contributed by atoms with E-state index in [4.69, 9.17) is 9.47 Å². The van der Waals surface area contributed by atoms with Crippen molar-refractivity contribution in [3.05, 3.63) is 39.4 Å². The molecule has 1 atom stereocenters. The Labute approximate surface area is 140 Å². The maximum Gasteiger partial charge on any atom is 0.270 e. The van der Waals surface area contributed by atoms with Crippen LogP contribution in [0.2, 0.25) is 0 Å². The van der Waals surface area contributed by atoms with E-state index in [-0.39, 0.29) is 17.4 Å². The Morgan fingerprint density at radius 1 is 1.33 bits per heavy atom. The Kier molecular flexibility index (Phi) is 4.64. The number of nitrogens with zero attached hydrogens (tertiary/aromatic N) is 2. The van der Waals surface area contributed by atoms with Gasteiger partial charge in [0.2, 0.25) is 0 Å². The lowest BCUT2D eigenvalue weighted by Crippen LogP contribution is -2.49. The topological polar surface area (TPSA) is 81.9 Å². The summed E-state index contributed by atoms with van der Waals surface area (Å²) >= 11 is 0. The number of fused-ring (bicyclic) bond motifs is 1. The summed E-state index contributed by atoms with van der Waals surface area (Å²) in [5, 5.41) is 11.0. The van der Waals surface area contributed by atoms with Crippen molar-refractivity contribution >= 4 is 17.5 Å². The van der Waals surface area contributed by atoms with Gasteiger partial charge < -0.3 is 9.47 Å². The summed E-state index contributed by atoms with van der Waals surface area (Å²) < 4.78 is 11.4. The Bertz CT molecular complexity index is 692. The van der Waals surface area contributed by atoms with Gasteiger partial charge in [-0.3, -0.25) is 19.8 Å². The van der Waals surface area contributed by atoms with Gasteiger partial charge in [0.1, 0.15) is 5.75 Å². The largest absolute Gasteiger partial charge is 0.470 e. The first-order chi connectivity index (χ1) is 11.5. The fraction of sp³-hybridized carbons (Fsp3) is 0.471. The molecule has 0 saturated carbocycles. The van der Waals surface area contributed by atoms with Gasteiger partial charge in [-0.1, -0.05) is 13.8 Å². The zero-order valence-corrected chi connectivity index (χ0v) is 13.7. The van der Waals surface area contributed by atoms with Crippen molar-refractivity contribution in [2.24, 2.45) is 5.92 Å². The zero-order chi connectivity index (χ0) is 17.3. The molecule has 2 heterocycles. The minimum atomic E-state index is -0.474. The van der Waals surface area contributed by atoms with Crippen LogP contribution < -0.4 is 4.74 Å². The third kappa shape index (κ3) is 3.18. The number of nitro groups is 1. The van der Waals surface area contributed by atoms with Crippen molar-refractivity contribution in [1.29, 1.82) is 0 Å². The van der Waals surface area contributed by atoms with Crippen molar-refractivity contribution in [1.82, 2.24) is 4.90 Å². The monoisotopic (exact) mass is 332 g/mol. The highest BCUT2D eigenvalue weighted by Gasteiger charge is 2.34. The molecule has 0 radical (unpaired) electrons. The first-order valence-electron chi connectivity index (χ1n) is 8.00. The summed E-state index contributed by atoms with van der Waals surface area (Å²) in [6.07, 6.45) is 1.26. The summed E-state index contributed by atoms with van der Waals surface area (Å²) in [5.41, 5.74) is 1.09. The van der Waals surface area contributed by atoms with Gasteiger partial charge in [-0.05, 0) is 12.1 Å². The molecule has 0 aromatic heterocycles. The van der Waals surface area contributed by atoms with E-state index in [9.17, 15) is 14.9 Å². The van der Waals surface area contributed by atoms with Crippen molar-refractivity contribution in [2.75, 3.05) is 26.3 Å². The number of Topliss-reactive ketones (excluding diaryl/α,β-unsaturated/α-hetero) is 1. The van der Waals surface area contributed by atoms with Crippen LogP contribution in [-0.2, 0) is 9.53 Å². The van der Waals surface area contributed by atoms with Crippen LogP contribution in [-0.4, -0.2) is 48.1 Å². The van der Waals surface area contributed by atoms with E-state index in [1.165, 1.54) is 12.1 Å². The molecule has 1 aromatic rings. The number of carbonyl (C=O) groups excluding carboxylic acids is 1. The summed E-state index contributed by atoms with van der Waals surface area (Å²) in [6.45, 7) is 6.21. The van der Waals surface area contributed by atoms with Crippen LogP contribution in [0, 0.1) is 16.0 Å². The molecule has 1 saturated heterocycles. The lowest BCUT2D eigenvalue weighted by molar-refractivity contribution is -0.384. The maximum absolute atomic E-state index is 12.6. The highest BCUT2D eigenvalue weighted by Crippen LogP contribution is 2.35. The predicted molar refractivity (Wildman–Crippen MR) is 87.7 cm³/mol. The summed E-state index contributed by atoms with van der Waals surface area (Å²) in [4.78, 5) is 25.2. The number of ketones is 1.